The van der Waals surface area contributed by atoms with E-state index >= 15 is 0 Å². The van der Waals surface area contributed by atoms with E-state index in [1.54, 1.807) is 30.3 Å². The molecule has 3 nitrogen and oxygen atoms in total. The minimum absolute atomic E-state index is 0.240. The Hall–Kier alpha value is -1.60. The summed E-state index contributed by atoms with van der Waals surface area (Å²) >= 11 is 0. The van der Waals surface area contributed by atoms with Gasteiger partial charge in [-0.25, -0.2) is 4.85 Å². The first kappa shape index (κ1) is 8.50. The second kappa shape index (κ2) is 3.69. The first-order valence-corrected chi connectivity index (χ1v) is 4.22. The molecule has 0 aliphatic rings. The third kappa shape index (κ3) is 1.71. The lowest BCUT2D eigenvalue weighted by Gasteiger charge is -1.90. The quantitative estimate of drug-likeness (QED) is 0.476. The zero-order valence-electron chi connectivity index (χ0n) is 6.06. The van der Waals surface area contributed by atoms with Crippen LogP contribution < -0.4 is 0 Å². The summed E-state index contributed by atoms with van der Waals surface area (Å²) < 4.78 is 21.0. The number of benzene rings is 1. The van der Waals surface area contributed by atoms with E-state index < -0.39 is 10.3 Å². The van der Waals surface area contributed by atoms with Gasteiger partial charge in [-0.1, -0.05) is 30.3 Å². The molecule has 0 unspecified atom stereocenters. The van der Waals surface area contributed by atoms with Crippen LogP contribution in [0.25, 0.3) is 4.85 Å². The fourth-order valence-corrected chi connectivity index (χ4v) is 1.18. The highest BCUT2D eigenvalue weighted by atomic mass is 32.2. The van der Waals surface area contributed by atoms with Crippen LogP contribution in [0.5, 0.6) is 0 Å². The SMILES string of the molecule is [C-]#[N+]C(c1ccccc1)=S(=O)=O. The lowest BCUT2D eigenvalue weighted by molar-refractivity contribution is 0.627. The Labute approximate surface area is 71.6 Å². The second-order valence-corrected chi connectivity index (χ2v) is 2.87. The third-order valence-electron chi connectivity index (χ3n) is 1.28. The van der Waals surface area contributed by atoms with Gasteiger partial charge in [0.1, 0.15) is 0 Å². The Kier molecular flexibility index (Phi) is 2.62. The van der Waals surface area contributed by atoms with Crippen LogP contribution in [-0.2, 0) is 10.3 Å². The topological polar surface area (TPSA) is 38.5 Å². The number of nitrogens with zero attached hydrogens (tertiary/aromatic N) is 1. The summed E-state index contributed by atoms with van der Waals surface area (Å²) in [5, 5.41) is 0. The van der Waals surface area contributed by atoms with E-state index in [9.17, 15) is 8.42 Å². The standard InChI is InChI=1S/C8H5NO2S/c1-9-8(12(10)11)7-5-3-2-4-6-7/h2-6H. The molecule has 4 heteroatoms. The molecule has 0 heterocycles. The Balaban J connectivity index is 3.36. The van der Waals surface area contributed by atoms with Crippen molar-refractivity contribution >= 4 is 15.3 Å². The molecule has 0 aliphatic heterocycles. The monoisotopic (exact) mass is 179 g/mol. The van der Waals surface area contributed by atoms with Crippen molar-refractivity contribution in [2.45, 2.75) is 0 Å². The van der Waals surface area contributed by atoms with Gasteiger partial charge in [0.15, 0.2) is 0 Å². The van der Waals surface area contributed by atoms with E-state index in [-0.39, 0.29) is 4.99 Å². The molecule has 1 rings (SSSR count). The summed E-state index contributed by atoms with van der Waals surface area (Å²) in [4.78, 5) is 2.67. The maximum atomic E-state index is 10.5. The van der Waals surface area contributed by atoms with Crippen LogP contribution in [0.2, 0.25) is 0 Å². The van der Waals surface area contributed by atoms with Crippen molar-refractivity contribution in [1.82, 2.24) is 0 Å². The van der Waals surface area contributed by atoms with Crippen molar-refractivity contribution < 1.29 is 8.42 Å². The van der Waals surface area contributed by atoms with Gasteiger partial charge >= 0.3 is 4.99 Å². The normalized spacial score (nSPS) is 8.58. The summed E-state index contributed by atoms with van der Waals surface area (Å²) in [5.74, 6) is 0. The van der Waals surface area contributed by atoms with Gasteiger partial charge in [0.25, 0.3) is 0 Å². The maximum absolute atomic E-state index is 10.5. The molecule has 0 saturated heterocycles. The van der Waals surface area contributed by atoms with Crippen molar-refractivity contribution in [1.29, 1.82) is 0 Å². The van der Waals surface area contributed by atoms with E-state index in [1.165, 1.54) is 0 Å². The molecule has 0 amide bonds. The molecule has 0 bridgehead atoms. The average molecular weight is 179 g/mol. The molecule has 1 aromatic carbocycles. The molecule has 0 saturated carbocycles. The lowest BCUT2D eigenvalue weighted by Crippen LogP contribution is -1.94. The molecule has 0 fully saturated rings. The van der Waals surface area contributed by atoms with Crippen LogP contribution in [0.4, 0.5) is 0 Å². The average Bonchev–Trinajstić information content (AvgIpc) is 2.07. The molecule has 0 radical (unpaired) electrons. The second-order valence-electron chi connectivity index (χ2n) is 2.02. The third-order valence-corrected chi connectivity index (χ3v) is 1.92. The van der Waals surface area contributed by atoms with Crippen molar-refractivity contribution in [3.8, 4) is 0 Å². The van der Waals surface area contributed by atoms with Gasteiger partial charge in [0, 0.05) is 0 Å². The number of hydrogen-bond donors (Lipinski definition) is 0. The van der Waals surface area contributed by atoms with Gasteiger partial charge in [0.2, 0.25) is 10.3 Å². The minimum Gasteiger partial charge on any atom is -0.221 e. The molecule has 0 spiro atoms. The van der Waals surface area contributed by atoms with Gasteiger partial charge in [-0.15, -0.1) is 0 Å². The van der Waals surface area contributed by atoms with Crippen molar-refractivity contribution in [2.24, 2.45) is 0 Å². The Bertz CT molecular complexity index is 432. The summed E-state index contributed by atoms with van der Waals surface area (Å²) in [5.41, 5.74) is 0.431. The minimum atomic E-state index is -2.44. The van der Waals surface area contributed by atoms with Crippen LogP contribution >= 0.6 is 0 Å². The van der Waals surface area contributed by atoms with Crippen LogP contribution in [-0.4, -0.2) is 13.4 Å². The summed E-state index contributed by atoms with van der Waals surface area (Å²) in [6.07, 6.45) is 0. The predicted molar refractivity (Wildman–Crippen MR) is 46.1 cm³/mol. The highest BCUT2D eigenvalue weighted by Crippen LogP contribution is 2.00. The molecular formula is C8H5NO2S. The molecule has 1 aromatic rings. The van der Waals surface area contributed by atoms with E-state index in [0.29, 0.717) is 5.56 Å². The highest BCUT2D eigenvalue weighted by molar-refractivity contribution is 7.73. The first-order valence-electron chi connectivity index (χ1n) is 3.15. The summed E-state index contributed by atoms with van der Waals surface area (Å²) in [6, 6.07) is 8.31. The molecule has 0 atom stereocenters. The molecule has 0 N–H and O–H groups in total. The Morgan fingerprint density at radius 1 is 1.25 bits per heavy atom. The zero-order chi connectivity index (χ0) is 8.97. The smallest absolute Gasteiger partial charge is 0.221 e. The molecule has 0 aromatic heterocycles. The van der Waals surface area contributed by atoms with Crippen LogP contribution in [0.15, 0.2) is 30.3 Å². The predicted octanol–water partition coefficient (Wildman–Crippen LogP) is 0.963. The van der Waals surface area contributed by atoms with E-state index in [1.807, 2.05) is 0 Å². The van der Waals surface area contributed by atoms with Crippen LogP contribution in [0.1, 0.15) is 5.56 Å². The largest absolute Gasteiger partial charge is 0.310 e. The maximum Gasteiger partial charge on any atom is 0.310 e. The van der Waals surface area contributed by atoms with E-state index in [4.69, 9.17) is 6.57 Å². The van der Waals surface area contributed by atoms with Gasteiger partial charge in [0.05, 0.1) is 6.57 Å². The number of hydrogen-bond acceptors (Lipinski definition) is 2. The summed E-state index contributed by atoms with van der Waals surface area (Å²) in [7, 11) is -2.44. The van der Waals surface area contributed by atoms with Crippen molar-refractivity contribution in [2.75, 3.05) is 0 Å². The van der Waals surface area contributed by atoms with Crippen LogP contribution in [0.3, 0.4) is 0 Å². The zero-order valence-corrected chi connectivity index (χ0v) is 6.88. The van der Waals surface area contributed by atoms with Crippen molar-refractivity contribution in [3.05, 3.63) is 47.3 Å². The fourth-order valence-electron chi connectivity index (χ4n) is 0.779. The van der Waals surface area contributed by atoms with Crippen LogP contribution in [0, 0.1) is 6.57 Å². The fraction of sp³-hybridized carbons (Fsp3) is 0. The molecule has 0 aliphatic carbocycles. The van der Waals surface area contributed by atoms with E-state index in [0.717, 1.165) is 0 Å². The van der Waals surface area contributed by atoms with Gasteiger partial charge in [-0.2, -0.15) is 8.42 Å². The lowest BCUT2D eigenvalue weighted by atomic mass is 10.2. The van der Waals surface area contributed by atoms with E-state index in [2.05, 4.69) is 4.85 Å². The van der Waals surface area contributed by atoms with Gasteiger partial charge in [-0.3, -0.25) is 0 Å². The summed E-state index contributed by atoms with van der Waals surface area (Å²) in [6.45, 7) is 6.62. The first-order chi connectivity index (χ1) is 5.75. The molecular weight excluding hydrogens is 174 g/mol. The van der Waals surface area contributed by atoms with Gasteiger partial charge in [-0.05, 0) is 5.56 Å². The Morgan fingerprint density at radius 2 is 1.83 bits per heavy atom. The Morgan fingerprint density at radius 3 is 2.25 bits per heavy atom. The molecule has 12 heavy (non-hydrogen) atoms. The van der Waals surface area contributed by atoms with Gasteiger partial charge < -0.3 is 0 Å². The molecule has 60 valence electrons. The highest BCUT2D eigenvalue weighted by Gasteiger charge is 2.02. The number of rotatable bonds is 1. The van der Waals surface area contributed by atoms with Crippen molar-refractivity contribution in [3.63, 3.8) is 0 Å².